The highest BCUT2D eigenvalue weighted by atomic mass is 35.5. The smallest absolute Gasteiger partial charge is 0.304 e. The Labute approximate surface area is 157 Å². The largest absolute Gasteiger partial charge is 0.481 e. The number of carboxylic acid groups (broad SMARTS) is 1. The van der Waals surface area contributed by atoms with Crippen LogP contribution in [0.3, 0.4) is 0 Å². The maximum atomic E-state index is 10.9. The molecule has 1 aromatic heterocycles. The normalized spacial score (nSPS) is 17.3. The second-order valence-corrected chi connectivity index (χ2v) is 7.49. The second-order valence-electron chi connectivity index (χ2n) is 7.10. The Hall–Kier alpha value is -2.35. The van der Waals surface area contributed by atoms with Crippen LogP contribution in [-0.2, 0) is 16.8 Å². The molecule has 0 saturated heterocycles. The molecule has 2 aliphatic rings. The van der Waals surface area contributed by atoms with Crippen LogP contribution in [0.2, 0.25) is 5.15 Å². The number of carbonyl (C=O) groups is 1. The number of halogens is 1. The average molecular weight is 367 g/mol. The first-order valence-electron chi connectivity index (χ1n) is 8.76. The van der Waals surface area contributed by atoms with E-state index < -0.39 is 5.97 Å². The molecule has 0 atom stereocenters. The van der Waals surface area contributed by atoms with E-state index in [1.807, 2.05) is 18.2 Å². The Morgan fingerprint density at radius 3 is 2.85 bits per heavy atom. The average Bonchev–Trinajstić information content (AvgIpc) is 3.38. The minimum absolute atomic E-state index is 0.193. The summed E-state index contributed by atoms with van der Waals surface area (Å²) in [5, 5.41) is 9.38. The lowest BCUT2D eigenvalue weighted by Gasteiger charge is -2.35. The molecule has 26 heavy (non-hydrogen) atoms. The van der Waals surface area contributed by atoms with Gasteiger partial charge in [-0.05, 0) is 54.2 Å². The molecule has 1 spiro atoms. The minimum Gasteiger partial charge on any atom is -0.481 e. The fourth-order valence-corrected chi connectivity index (χ4v) is 3.86. The van der Waals surface area contributed by atoms with Gasteiger partial charge < -0.3 is 5.11 Å². The molecule has 0 radical (unpaired) electrons. The van der Waals surface area contributed by atoms with Crippen LogP contribution in [0.1, 0.15) is 41.6 Å². The molecule has 0 amide bonds. The van der Waals surface area contributed by atoms with Crippen LogP contribution in [0.25, 0.3) is 0 Å². The molecule has 0 unspecified atom stereocenters. The molecule has 4 rings (SSSR count). The van der Waals surface area contributed by atoms with Crippen molar-refractivity contribution in [1.29, 1.82) is 0 Å². The molecular weight excluding hydrogens is 348 g/mol. The maximum absolute atomic E-state index is 10.9. The molecule has 1 aliphatic heterocycles. The van der Waals surface area contributed by atoms with Gasteiger partial charge in [0.25, 0.3) is 0 Å². The van der Waals surface area contributed by atoms with Crippen LogP contribution in [0.4, 0.5) is 0 Å². The molecule has 1 aromatic carbocycles. The molecule has 1 saturated carbocycles. The van der Waals surface area contributed by atoms with Gasteiger partial charge in [-0.3, -0.25) is 9.69 Å². The molecule has 4 nitrogen and oxygen atoms in total. The van der Waals surface area contributed by atoms with Crippen molar-refractivity contribution >= 4 is 17.6 Å². The van der Waals surface area contributed by atoms with Crippen molar-refractivity contribution in [3.05, 3.63) is 63.9 Å². The van der Waals surface area contributed by atoms with E-state index >= 15 is 0 Å². The molecule has 5 heteroatoms. The molecule has 1 aliphatic carbocycles. The van der Waals surface area contributed by atoms with Gasteiger partial charge in [-0.15, -0.1) is 0 Å². The lowest BCUT2D eigenvalue weighted by molar-refractivity contribution is -0.137. The highest BCUT2D eigenvalue weighted by molar-refractivity contribution is 6.29. The third kappa shape index (κ3) is 3.60. The number of rotatable bonds is 3. The molecule has 1 fully saturated rings. The topological polar surface area (TPSA) is 53.4 Å². The van der Waals surface area contributed by atoms with Gasteiger partial charge in [0.05, 0.1) is 6.42 Å². The van der Waals surface area contributed by atoms with Gasteiger partial charge in [-0.1, -0.05) is 29.7 Å². The summed E-state index contributed by atoms with van der Waals surface area (Å²) in [5.41, 5.74) is 4.52. The van der Waals surface area contributed by atoms with E-state index in [-0.39, 0.29) is 11.8 Å². The number of benzene rings is 1. The molecule has 0 bridgehead atoms. The zero-order valence-corrected chi connectivity index (χ0v) is 15.1. The Balaban J connectivity index is 1.57. The highest BCUT2D eigenvalue weighted by Gasteiger charge is 2.48. The van der Waals surface area contributed by atoms with Crippen molar-refractivity contribution in [1.82, 2.24) is 9.88 Å². The summed E-state index contributed by atoms with van der Waals surface area (Å²) in [6.45, 7) is 2.37. The number of hydrogen-bond acceptors (Lipinski definition) is 3. The lowest BCUT2D eigenvalue weighted by atomic mass is 9.85. The van der Waals surface area contributed by atoms with E-state index in [4.69, 9.17) is 16.7 Å². The number of carboxylic acids is 1. The lowest BCUT2D eigenvalue weighted by Crippen LogP contribution is -2.39. The van der Waals surface area contributed by atoms with Crippen LogP contribution in [0, 0.1) is 11.8 Å². The predicted molar refractivity (Wildman–Crippen MR) is 100 cm³/mol. The number of aromatic nitrogens is 1. The standard InChI is InChI=1S/C21H19ClN2O2/c22-19-3-1-2-17(23-19)7-5-15-4-6-16-13-24(11-8-20(25)26)14-21(9-10-21)18(16)12-15/h1-4,6,12H,8-11,13-14H2,(H,25,26). The quantitative estimate of drug-likeness (QED) is 0.667. The zero-order chi connectivity index (χ0) is 18.1. The maximum Gasteiger partial charge on any atom is 0.304 e. The molecule has 2 heterocycles. The Morgan fingerprint density at radius 1 is 1.27 bits per heavy atom. The monoisotopic (exact) mass is 366 g/mol. The number of pyridine rings is 1. The Bertz CT molecular complexity index is 925. The summed E-state index contributed by atoms with van der Waals surface area (Å²) >= 11 is 5.91. The van der Waals surface area contributed by atoms with E-state index in [2.05, 4.69) is 33.9 Å². The summed E-state index contributed by atoms with van der Waals surface area (Å²) in [5.74, 6) is 5.53. The number of fused-ring (bicyclic) bond motifs is 2. The summed E-state index contributed by atoms with van der Waals surface area (Å²) in [6.07, 6.45) is 2.52. The van der Waals surface area contributed by atoms with E-state index in [0.29, 0.717) is 17.4 Å². The van der Waals surface area contributed by atoms with Crippen LogP contribution in [0.15, 0.2) is 36.4 Å². The van der Waals surface area contributed by atoms with Crippen molar-refractivity contribution in [2.75, 3.05) is 13.1 Å². The fourth-order valence-electron chi connectivity index (χ4n) is 3.70. The van der Waals surface area contributed by atoms with Gasteiger partial charge in [0.15, 0.2) is 0 Å². The van der Waals surface area contributed by atoms with Crippen LogP contribution >= 0.6 is 11.6 Å². The molecule has 2 aromatic rings. The summed E-state index contributed by atoms with van der Waals surface area (Å²) in [4.78, 5) is 17.3. The highest BCUT2D eigenvalue weighted by Crippen LogP contribution is 2.52. The first-order chi connectivity index (χ1) is 12.5. The number of nitrogens with zero attached hydrogens (tertiary/aromatic N) is 2. The first kappa shape index (κ1) is 17.1. The zero-order valence-electron chi connectivity index (χ0n) is 14.3. The Kier molecular flexibility index (Phi) is 4.44. The van der Waals surface area contributed by atoms with Crippen molar-refractivity contribution in [3.8, 4) is 11.8 Å². The van der Waals surface area contributed by atoms with E-state index in [1.54, 1.807) is 6.07 Å². The van der Waals surface area contributed by atoms with Crippen LogP contribution in [0.5, 0.6) is 0 Å². The third-order valence-electron chi connectivity index (χ3n) is 5.15. The number of hydrogen-bond donors (Lipinski definition) is 1. The van der Waals surface area contributed by atoms with E-state index in [1.165, 1.54) is 11.1 Å². The van der Waals surface area contributed by atoms with E-state index in [0.717, 1.165) is 31.5 Å². The van der Waals surface area contributed by atoms with Gasteiger partial charge in [0, 0.05) is 30.6 Å². The number of aliphatic carboxylic acids is 1. The van der Waals surface area contributed by atoms with Crippen molar-refractivity contribution in [2.45, 2.75) is 31.2 Å². The summed E-state index contributed by atoms with van der Waals surface area (Å²) < 4.78 is 0. The first-order valence-corrected chi connectivity index (χ1v) is 9.14. The van der Waals surface area contributed by atoms with Gasteiger partial charge >= 0.3 is 5.97 Å². The van der Waals surface area contributed by atoms with Crippen molar-refractivity contribution in [3.63, 3.8) is 0 Å². The molecule has 132 valence electrons. The van der Waals surface area contributed by atoms with Gasteiger partial charge in [-0.2, -0.15) is 0 Å². The van der Waals surface area contributed by atoms with Crippen molar-refractivity contribution < 1.29 is 9.90 Å². The Morgan fingerprint density at radius 2 is 2.12 bits per heavy atom. The second kappa shape index (κ2) is 6.75. The van der Waals surface area contributed by atoms with Crippen LogP contribution in [-0.4, -0.2) is 34.0 Å². The van der Waals surface area contributed by atoms with E-state index in [9.17, 15) is 4.79 Å². The SMILES string of the molecule is O=C(O)CCN1Cc2ccc(C#Cc3cccc(Cl)n3)cc2C2(CC2)C1. The van der Waals surface area contributed by atoms with Crippen LogP contribution < -0.4 is 0 Å². The third-order valence-corrected chi connectivity index (χ3v) is 5.36. The van der Waals surface area contributed by atoms with Gasteiger partial charge in [-0.25, -0.2) is 4.98 Å². The minimum atomic E-state index is -0.735. The van der Waals surface area contributed by atoms with Gasteiger partial charge in [0.2, 0.25) is 0 Å². The fraction of sp³-hybridized carbons (Fsp3) is 0.333. The summed E-state index contributed by atoms with van der Waals surface area (Å²) in [6, 6.07) is 11.8. The molecule has 1 N–H and O–H groups in total. The summed E-state index contributed by atoms with van der Waals surface area (Å²) in [7, 11) is 0. The molecular formula is C21H19ClN2O2. The van der Waals surface area contributed by atoms with Crippen molar-refractivity contribution in [2.24, 2.45) is 0 Å². The van der Waals surface area contributed by atoms with Gasteiger partial charge in [0.1, 0.15) is 10.8 Å². The predicted octanol–water partition coefficient (Wildman–Crippen LogP) is 3.46.